The first-order chi connectivity index (χ1) is 14.9. The molecule has 0 fully saturated rings. The fourth-order valence-electron chi connectivity index (χ4n) is 3.12. The van der Waals surface area contributed by atoms with Crippen molar-refractivity contribution in [3.8, 4) is 5.75 Å². The van der Waals surface area contributed by atoms with Crippen molar-refractivity contribution in [2.75, 3.05) is 13.2 Å². The van der Waals surface area contributed by atoms with Crippen molar-refractivity contribution in [3.05, 3.63) is 77.2 Å². The van der Waals surface area contributed by atoms with Crippen LogP contribution in [0.15, 0.2) is 49.0 Å². The summed E-state index contributed by atoms with van der Waals surface area (Å²) in [6, 6.07) is 12.4. The molecule has 0 heterocycles. The van der Waals surface area contributed by atoms with E-state index >= 15 is 0 Å². The summed E-state index contributed by atoms with van der Waals surface area (Å²) in [6.07, 6.45) is 0.924. The molecule has 0 unspecified atom stereocenters. The highest BCUT2D eigenvalue weighted by molar-refractivity contribution is 5.95. The molecular formula is C25H30N2O4. The van der Waals surface area contributed by atoms with Gasteiger partial charge in [-0.1, -0.05) is 30.8 Å². The summed E-state index contributed by atoms with van der Waals surface area (Å²) in [7, 11) is 0. The molecule has 0 radical (unpaired) electrons. The number of hydrogen-bond acceptors (Lipinski definition) is 4. The van der Waals surface area contributed by atoms with Gasteiger partial charge in [0.1, 0.15) is 11.5 Å². The fourth-order valence-corrected chi connectivity index (χ4v) is 3.12. The summed E-state index contributed by atoms with van der Waals surface area (Å²) in [5, 5.41) is 12.4. The third-order valence-electron chi connectivity index (χ3n) is 4.59. The number of carbonyl (C=O) groups excluding carboxylic acids is 1. The van der Waals surface area contributed by atoms with Crippen LogP contribution in [0.3, 0.4) is 0 Å². The monoisotopic (exact) mass is 422 g/mol. The van der Waals surface area contributed by atoms with Crippen LogP contribution >= 0.6 is 0 Å². The van der Waals surface area contributed by atoms with Crippen molar-refractivity contribution in [1.82, 2.24) is 5.32 Å². The Kier molecular flexibility index (Phi) is 9.11. The SMILES string of the molecule is [C-]#[N+]c1cc(C(=O)N[C@H](CCO)Cc2ccc(C(=C)OCC)cc2)ccc1OC(C)C. The summed E-state index contributed by atoms with van der Waals surface area (Å²) in [6.45, 7) is 17.5. The third kappa shape index (κ3) is 7.16. The topological polar surface area (TPSA) is 72.2 Å². The largest absolute Gasteiger partial charge is 0.502 e. The first-order valence-corrected chi connectivity index (χ1v) is 10.4. The smallest absolute Gasteiger partial charge is 0.250 e. The Morgan fingerprint density at radius 3 is 2.45 bits per heavy atom. The van der Waals surface area contributed by atoms with Crippen LogP contribution in [-0.2, 0) is 11.2 Å². The number of benzene rings is 2. The number of aliphatic hydroxyl groups excluding tert-OH is 1. The average molecular weight is 423 g/mol. The zero-order valence-corrected chi connectivity index (χ0v) is 18.4. The van der Waals surface area contributed by atoms with E-state index in [0.717, 1.165) is 11.1 Å². The molecule has 2 aromatic carbocycles. The molecule has 164 valence electrons. The first kappa shape index (κ1) is 24.0. The van der Waals surface area contributed by atoms with Gasteiger partial charge in [-0.15, -0.1) is 0 Å². The van der Waals surface area contributed by atoms with E-state index in [-0.39, 0.29) is 24.7 Å². The van der Waals surface area contributed by atoms with Crippen LogP contribution in [0.25, 0.3) is 10.6 Å². The normalized spacial score (nSPS) is 11.5. The van der Waals surface area contributed by atoms with Crippen molar-refractivity contribution < 1.29 is 19.4 Å². The van der Waals surface area contributed by atoms with Crippen molar-refractivity contribution >= 4 is 17.4 Å². The van der Waals surface area contributed by atoms with E-state index in [1.54, 1.807) is 12.1 Å². The highest BCUT2D eigenvalue weighted by Gasteiger charge is 2.16. The summed E-state index contributed by atoms with van der Waals surface area (Å²) < 4.78 is 11.0. The number of hydrogen-bond donors (Lipinski definition) is 2. The van der Waals surface area contributed by atoms with Crippen LogP contribution in [0.4, 0.5) is 5.69 Å². The molecule has 6 nitrogen and oxygen atoms in total. The molecule has 2 aromatic rings. The van der Waals surface area contributed by atoms with Crippen LogP contribution in [-0.4, -0.2) is 36.4 Å². The van der Waals surface area contributed by atoms with Crippen molar-refractivity contribution in [1.29, 1.82) is 0 Å². The number of ether oxygens (including phenoxy) is 2. The maximum absolute atomic E-state index is 12.8. The Hall–Kier alpha value is -3.30. The molecule has 6 heteroatoms. The molecule has 1 atom stereocenters. The molecule has 1 amide bonds. The minimum atomic E-state index is -0.291. The molecule has 2 N–H and O–H groups in total. The van der Waals surface area contributed by atoms with E-state index in [9.17, 15) is 9.90 Å². The molecular weight excluding hydrogens is 392 g/mol. The predicted octanol–water partition coefficient (Wildman–Crippen LogP) is 4.76. The Morgan fingerprint density at radius 2 is 1.87 bits per heavy atom. The molecule has 0 aliphatic heterocycles. The quantitative estimate of drug-likeness (QED) is 0.405. The summed E-state index contributed by atoms with van der Waals surface area (Å²) in [5.74, 6) is 0.790. The van der Waals surface area contributed by atoms with Gasteiger partial charge in [-0.2, -0.15) is 0 Å². The van der Waals surface area contributed by atoms with Crippen molar-refractivity contribution in [2.45, 2.75) is 45.8 Å². The van der Waals surface area contributed by atoms with Crippen LogP contribution in [0.2, 0.25) is 0 Å². The molecule has 31 heavy (non-hydrogen) atoms. The molecule has 0 saturated heterocycles. The summed E-state index contributed by atoms with van der Waals surface area (Å²) >= 11 is 0. The van der Waals surface area contributed by atoms with E-state index in [0.29, 0.717) is 42.2 Å². The van der Waals surface area contributed by atoms with E-state index in [1.165, 1.54) is 6.07 Å². The average Bonchev–Trinajstić information content (AvgIpc) is 2.74. The number of nitrogens with zero attached hydrogens (tertiary/aromatic N) is 1. The Morgan fingerprint density at radius 1 is 1.19 bits per heavy atom. The van der Waals surface area contributed by atoms with Crippen molar-refractivity contribution in [3.63, 3.8) is 0 Å². The maximum atomic E-state index is 12.8. The van der Waals surface area contributed by atoms with E-state index in [1.807, 2.05) is 45.0 Å². The van der Waals surface area contributed by atoms with Gasteiger partial charge >= 0.3 is 0 Å². The molecule has 0 bridgehead atoms. The van der Waals surface area contributed by atoms with Gasteiger partial charge in [0.05, 0.1) is 19.3 Å². The second-order valence-electron chi connectivity index (χ2n) is 7.40. The number of amides is 1. The minimum absolute atomic E-state index is 0.0430. The number of aliphatic hydroxyl groups is 1. The highest BCUT2D eigenvalue weighted by atomic mass is 16.5. The third-order valence-corrected chi connectivity index (χ3v) is 4.59. The molecule has 0 aliphatic rings. The summed E-state index contributed by atoms with van der Waals surface area (Å²) in [4.78, 5) is 16.2. The van der Waals surface area contributed by atoms with Gasteiger partial charge < -0.3 is 19.9 Å². The molecule has 2 rings (SSSR count). The lowest BCUT2D eigenvalue weighted by molar-refractivity contribution is 0.0930. The predicted molar refractivity (Wildman–Crippen MR) is 122 cm³/mol. The lowest BCUT2D eigenvalue weighted by Crippen LogP contribution is -2.37. The van der Waals surface area contributed by atoms with Crippen LogP contribution in [0.5, 0.6) is 5.75 Å². The van der Waals surface area contributed by atoms with Gasteiger partial charge in [0.25, 0.3) is 0 Å². The molecule has 0 aromatic heterocycles. The zero-order chi connectivity index (χ0) is 22.8. The number of nitrogens with one attached hydrogen (secondary N) is 1. The molecule has 0 saturated carbocycles. The fraction of sp³-hybridized carbons (Fsp3) is 0.360. The van der Waals surface area contributed by atoms with Gasteiger partial charge in [-0.05, 0) is 57.4 Å². The van der Waals surface area contributed by atoms with Gasteiger partial charge in [0.2, 0.25) is 11.6 Å². The van der Waals surface area contributed by atoms with Gasteiger partial charge in [0, 0.05) is 23.8 Å². The van der Waals surface area contributed by atoms with E-state index in [2.05, 4.69) is 16.7 Å². The standard InChI is InChI=1S/C25H30N2O4/c1-6-30-18(4)20-9-7-19(8-10-20)15-22(13-14-28)27-25(29)21-11-12-24(31-17(2)3)23(16-21)26-5/h7-12,16-17,22,28H,4,6,13-15H2,1-3H3,(H,27,29)/t22-/m1/s1. The van der Waals surface area contributed by atoms with Crippen LogP contribution in [0, 0.1) is 6.57 Å². The Labute approximate surface area is 184 Å². The lowest BCUT2D eigenvalue weighted by Gasteiger charge is -2.19. The lowest BCUT2D eigenvalue weighted by atomic mass is 10.0. The Bertz CT molecular complexity index is 930. The number of rotatable bonds is 11. The van der Waals surface area contributed by atoms with Crippen molar-refractivity contribution in [2.24, 2.45) is 0 Å². The second kappa shape index (κ2) is 11.8. The van der Waals surface area contributed by atoms with Crippen LogP contribution in [0.1, 0.15) is 48.7 Å². The van der Waals surface area contributed by atoms with E-state index < -0.39 is 0 Å². The maximum Gasteiger partial charge on any atom is 0.250 e. The van der Waals surface area contributed by atoms with E-state index in [4.69, 9.17) is 16.0 Å². The van der Waals surface area contributed by atoms with Gasteiger partial charge in [-0.25, -0.2) is 4.85 Å². The minimum Gasteiger partial charge on any atom is -0.502 e. The zero-order valence-electron chi connectivity index (χ0n) is 18.4. The molecule has 0 spiro atoms. The first-order valence-electron chi connectivity index (χ1n) is 10.4. The number of carbonyl (C=O) groups is 1. The second-order valence-corrected chi connectivity index (χ2v) is 7.40. The Balaban J connectivity index is 2.10. The highest BCUT2D eigenvalue weighted by Crippen LogP contribution is 2.29. The summed E-state index contributed by atoms with van der Waals surface area (Å²) in [5.41, 5.74) is 2.61. The van der Waals surface area contributed by atoms with Gasteiger partial charge in [-0.3, -0.25) is 4.79 Å². The molecule has 0 aliphatic carbocycles. The van der Waals surface area contributed by atoms with Gasteiger partial charge in [0.15, 0.2) is 0 Å². The van der Waals surface area contributed by atoms with Crippen LogP contribution < -0.4 is 10.1 Å².